The van der Waals surface area contributed by atoms with Crippen LogP contribution in [-0.4, -0.2) is 28.3 Å². The molecular weight excluding hydrogens is 312 g/mol. The summed E-state index contributed by atoms with van der Waals surface area (Å²) in [6.45, 7) is 0.0478. The average Bonchev–Trinajstić information content (AvgIpc) is 3.09. The van der Waals surface area contributed by atoms with Crippen LogP contribution in [0.15, 0.2) is 53.1 Å². The molecule has 7 nitrogen and oxygen atoms in total. The molecule has 1 N–H and O–H groups in total. The molecule has 0 fully saturated rings. The predicted molar refractivity (Wildman–Crippen MR) is 84.0 cm³/mol. The minimum absolute atomic E-state index is 0.0478. The molecular formula is C17H14N2O5. The zero-order chi connectivity index (χ0) is 16.9. The topological polar surface area (TPSA) is 94.7 Å². The fraction of sp³-hybridized carbons (Fsp3) is 0.118. The van der Waals surface area contributed by atoms with Gasteiger partial charge >= 0.3 is 5.97 Å². The standard InChI is InChI=1S/C17H14N2O5/c1-22-13-7-5-11(6-8-13)16-18-15(24-19-16)10-23-14-4-2-3-12(9-14)17(20)21/h2-9H,10H2,1H3,(H,20,21). The van der Waals surface area contributed by atoms with E-state index in [1.807, 2.05) is 12.1 Å². The summed E-state index contributed by atoms with van der Waals surface area (Å²) in [5.74, 6) is 0.875. The zero-order valence-corrected chi connectivity index (χ0v) is 12.8. The molecule has 1 aromatic heterocycles. The summed E-state index contributed by atoms with van der Waals surface area (Å²) >= 11 is 0. The molecule has 1 heterocycles. The molecule has 0 unspecified atom stereocenters. The molecule has 24 heavy (non-hydrogen) atoms. The Balaban J connectivity index is 1.67. The van der Waals surface area contributed by atoms with Crippen molar-refractivity contribution in [2.45, 2.75) is 6.61 Å². The third-order valence-corrected chi connectivity index (χ3v) is 3.26. The highest BCUT2D eigenvalue weighted by atomic mass is 16.5. The van der Waals surface area contributed by atoms with Crippen LogP contribution in [0.2, 0.25) is 0 Å². The van der Waals surface area contributed by atoms with Crippen molar-refractivity contribution in [3.05, 3.63) is 60.0 Å². The van der Waals surface area contributed by atoms with E-state index in [2.05, 4.69) is 10.1 Å². The summed E-state index contributed by atoms with van der Waals surface area (Å²) in [6.07, 6.45) is 0. The van der Waals surface area contributed by atoms with Crippen molar-refractivity contribution in [1.29, 1.82) is 0 Å². The van der Waals surface area contributed by atoms with Gasteiger partial charge in [-0.25, -0.2) is 4.79 Å². The number of benzene rings is 2. The van der Waals surface area contributed by atoms with Gasteiger partial charge in [0, 0.05) is 5.56 Å². The molecule has 2 aromatic carbocycles. The largest absolute Gasteiger partial charge is 0.497 e. The lowest BCUT2D eigenvalue weighted by Gasteiger charge is -2.03. The van der Waals surface area contributed by atoms with Gasteiger partial charge in [0.1, 0.15) is 11.5 Å². The second-order valence-electron chi connectivity index (χ2n) is 4.86. The van der Waals surface area contributed by atoms with Gasteiger partial charge in [0.05, 0.1) is 12.7 Å². The number of nitrogens with zero attached hydrogens (tertiary/aromatic N) is 2. The lowest BCUT2D eigenvalue weighted by molar-refractivity contribution is 0.0696. The van der Waals surface area contributed by atoms with Gasteiger partial charge in [-0.3, -0.25) is 0 Å². The lowest BCUT2D eigenvalue weighted by atomic mass is 10.2. The molecule has 0 aliphatic carbocycles. The van der Waals surface area contributed by atoms with Crippen LogP contribution in [0.5, 0.6) is 11.5 Å². The maximum Gasteiger partial charge on any atom is 0.335 e. The van der Waals surface area contributed by atoms with E-state index in [0.29, 0.717) is 17.5 Å². The normalized spacial score (nSPS) is 10.4. The van der Waals surface area contributed by atoms with Crippen molar-refractivity contribution >= 4 is 5.97 Å². The number of rotatable bonds is 6. The quantitative estimate of drug-likeness (QED) is 0.744. The number of carboxylic acid groups (broad SMARTS) is 1. The first kappa shape index (κ1) is 15.5. The highest BCUT2D eigenvalue weighted by Crippen LogP contribution is 2.20. The molecule has 0 aliphatic rings. The third-order valence-electron chi connectivity index (χ3n) is 3.26. The van der Waals surface area contributed by atoms with E-state index in [9.17, 15) is 4.79 Å². The Morgan fingerprint density at radius 1 is 1.17 bits per heavy atom. The summed E-state index contributed by atoms with van der Waals surface area (Å²) in [6, 6.07) is 13.4. The van der Waals surface area contributed by atoms with E-state index in [4.69, 9.17) is 19.1 Å². The second-order valence-corrected chi connectivity index (χ2v) is 4.86. The summed E-state index contributed by atoms with van der Waals surface area (Å²) < 4.78 is 15.7. The molecule has 0 atom stereocenters. The van der Waals surface area contributed by atoms with Gasteiger partial charge in [-0.1, -0.05) is 11.2 Å². The monoisotopic (exact) mass is 326 g/mol. The maximum absolute atomic E-state index is 10.9. The number of ether oxygens (including phenoxy) is 2. The van der Waals surface area contributed by atoms with Crippen molar-refractivity contribution in [1.82, 2.24) is 10.1 Å². The molecule has 0 saturated heterocycles. The second kappa shape index (κ2) is 6.82. The predicted octanol–water partition coefficient (Wildman–Crippen LogP) is 3.02. The Morgan fingerprint density at radius 2 is 1.96 bits per heavy atom. The summed E-state index contributed by atoms with van der Waals surface area (Å²) in [5.41, 5.74) is 0.940. The number of hydrogen-bond acceptors (Lipinski definition) is 6. The highest BCUT2D eigenvalue weighted by molar-refractivity contribution is 5.87. The summed E-state index contributed by atoms with van der Waals surface area (Å²) in [5, 5.41) is 12.9. The molecule has 0 radical (unpaired) electrons. The Bertz CT molecular complexity index is 842. The highest BCUT2D eigenvalue weighted by Gasteiger charge is 2.10. The van der Waals surface area contributed by atoms with Crippen LogP contribution >= 0.6 is 0 Å². The van der Waals surface area contributed by atoms with E-state index < -0.39 is 5.97 Å². The molecule has 0 saturated carbocycles. The fourth-order valence-electron chi connectivity index (χ4n) is 2.03. The maximum atomic E-state index is 10.9. The molecule has 3 rings (SSSR count). The van der Waals surface area contributed by atoms with Crippen molar-refractivity contribution in [3.8, 4) is 22.9 Å². The van der Waals surface area contributed by atoms with Gasteiger partial charge in [-0.2, -0.15) is 4.98 Å². The van der Waals surface area contributed by atoms with Crippen LogP contribution in [0.1, 0.15) is 16.2 Å². The van der Waals surface area contributed by atoms with Crippen molar-refractivity contribution in [2.75, 3.05) is 7.11 Å². The Kier molecular flexibility index (Phi) is 4.42. The van der Waals surface area contributed by atoms with Crippen LogP contribution < -0.4 is 9.47 Å². The van der Waals surface area contributed by atoms with E-state index in [1.165, 1.54) is 12.1 Å². The van der Waals surface area contributed by atoms with Gasteiger partial charge < -0.3 is 19.1 Å². The number of aromatic nitrogens is 2. The number of methoxy groups -OCH3 is 1. The van der Waals surface area contributed by atoms with E-state index >= 15 is 0 Å². The van der Waals surface area contributed by atoms with E-state index in [-0.39, 0.29) is 12.2 Å². The Labute approximate surface area is 137 Å². The average molecular weight is 326 g/mol. The molecule has 7 heteroatoms. The number of carbonyl (C=O) groups is 1. The number of aromatic carboxylic acids is 1. The van der Waals surface area contributed by atoms with E-state index in [0.717, 1.165) is 11.3 Å². The summed E-state index contributed by atoms with van der Waals surface area (Å²) in [4.78, 5) is 15.2. The van der Waals surface area contributed by atoms with Gasteiger partial charge in [0.2, 0.25) is 5.82 Å². The van der Waals surface area contributed by atoms with Crippen LogP contribution in [0.3, 0.4) is 0 Å². The first-order valence-electron chi connectivity index (χ1n) is 7.09. The van der Waals surface area contributed by atoms with Crippen LogP contribution in [-0.2, 0) is 6.61 Å². The smallest absolute Gasteiger partial charge is 0.335 e. The first-order chi connectivity index (χ1) is 11.7. The van der Waals surface area contributed by atoms with Crippen molar-refractivity contribution in [3.63, 3.8) is 0 Å². The first-order valence-corrected chi connectivity index (χ1v) is 7.09. The molecule has 0 amide bonds. The number of hydrogen-bond donors (Lipinski definition) is 1. The summed E-state index contributed by atoms with van der Waals surface area (Å²) in [7, 11) is 1.60. The Hall–Kier alpha value is -3.35. The molecule has 0 aliphatic heterocycles. The van der Waals surface area contributed by atoms with Crippen LogP contribution in [0.25, 0.3) is 11.4 Å². The van der Waals surface area contributed by atoms with Gasteiger partial charge in [0.25, 0.3) is 5.89 Å². The van der Waals surface area contributed by atoms with Crippen molar-refractivity contribution in [2.24, 2.45) is 0 Å². The fourth-order valence-corrected chi connectivity index (χ4v) is 2.03. The zero-order valence-electron chi connectivity index (χ0n) is 12.8. The Morgan fingerprint density at radius 3 is 2.67 bits per heavy atom. The molecule has 3 aromatic rings. The minimum Gasteiger partial charge on any atom is -0.497 e. The lowest BCUT2D eigenvalue weighted by Crippen LogP contribution is -1.99. The molecule has 0 bridgehead atoms. The SMILES string of the molecule is COc1ccc(-c2noc(COc3cccc(C(=O)O)c3)n2)cc1. The van der Waals surface area contributed by atoms with E-state index in [1.54, 1.807) is 31.4 Å². The van der Waals surface area contributed by atoms with Gasteiger partial charge in [-0.05, 0) is 42.5 Å². The third kappa shape index (κ3) is 3.52. The van der Waals surface area contributed by atoms with Crippen LogP contribution in [0.4, 0.5) is 0 Å². The number of carboxylic acids is 1. The van der Waals surface area contributed by atoms with Gasteiger partial charge in [0.15, 0.2) is 6.61 Å². The molecule has 0 spiro atoms. The van der Waals surface area contributed by atoms with Gasteiger partial charge in [-0.15, -0.1) is 0 Å². The van der Waals surface area contributed by atoms with Crippen molar-refractivity contribution < 1.29 is 23.9 Å². The molecule has 122 valence electrons. The minimum atomic E-state index is -1.01. The van der Waals surface area contributed by atoms with Crippen LogP contribution in [0, 0.1) is 0 Å².